The van der Waals surface area contributed by atoms with E-state index in [9.17, 15) is 0 Å². The highest BCUT2D eigenvalue weighted by molar-refractivity contribution is 5.94. The molecule has 5 heterocycles. The van der Waals surface area contributed by atoms with E-state index < -0.39 is 0 Å². The minimum absolute atomic E-state index is 0.804. The maximum Gasteiger partial charge on any atom is 0.138 e. The van der Waals surface area contributed by atoms with Crippen molar-refractivity contribution in [3.8, 4) is 39.6 Å². The minimum atomic E-state index is 0.804. The molecule has 5 heteroatoms. The summed E-state index contributed by atoms with van der Waals surface area (Å²) in [4.78, 5) is 14.8. The number of nitrogens with zero attached hydrogens (tertiary/aromatic N) is 4. The normalized spacial score (nSPS) is 12.4. The second-order valence-electron chi connectivity index (χ2n) is 10.2. The van der Waals surface area contributed by atoms with Crippen molar-refractivity contribution in [2.75, 3.05) is 0 Å². The van der Waals surface area contributed by atoms with Crippen LogP contribution in [0.15, 0.2) is 128 Å². The molecule has 3 aromatic carbocycles. The Morgan fingerprint density at radius 1 is 0.634 bits per heavy atom. The predicted molar refractivity (Wildman–Crippen MR) is 166 cm³/mol. The van der Waals surface area contributed by atoms with Crippen LogP contribution in [-0.2, 0) is 6.54 Å². The third kappa shape index (κ3) is 3.98. The third-order valence-electron chi connectivity index (χ3n) is 7.76. The van der Waals surface area contributed by atoms with Gasteiger partial charge in [-0.2, -0.15) is 0 Å². The molecule has 7 aromatic rings. The average molecular weight is 528 g/mol. The van der Waals surface area contributed by atoms with Crippen LogP contribution in [0.4, 0.5) is 0 Å². The monoisotopic (exact) mass is 527 g/mol. The Morgan fingerprint density at radius 3 is 2.32 bits per heavy atom. The summed E-state index contributed by atoms with van der Waals surface area (Å²) in [6.45, 7) is 0.804. The molecule has 41 heavy (non-hydrogen) atoms. The van der Waals surface area contributed by atoms with E-state index in [1.807, 2.05) is 30.6 Å². The number of hydrogen-bond acceptors (Lipinski definition) is 4. The second-order valence-corrected chi connectivity index (χ2v) is 10.2. The maximum absolute atomic E-state index is 5.10. The fourth-order valence-corrected chi connectivity index (χ4v) is 5.82. The molecule has 0 bridgehead atoms. The molecule has 0 radical (unpaired) electrons. The van der Waals surface area contributed by atoms with Gasteiger partial charge in [-0.3, -0.25) is 9.55 Å². The summed E-state index contributed by atoms with van der Waals surface area (Å²) >= 11 is 0. The lowest BCUT2D eigenvalue weighted by Gasteiger charge is -2.13. The molecule has 5 nitrogen and oxygen atoms in total. The first-order valence-corrected chi connectivity index (χ1v) is 13.8. The van der Waals surface area contributed by atoms with Crippen LogP contribution in [0.2, 0.25) is 0 Å². The van der Waals surface area contributed by atoms with Gasteiger partial charge in [-0.15, -0.1) is 0 Å². The van der Waals surface area contributed by atoms with Crippen LogP contribution in [0.5, 0.6) is 0 Å². The third-order valence-corrected chi connectivity index (χ3v) is 7.76. The zero-order valence-corrected chi connectivity index (χ0v) is 22.2. The van der Waals surface area contributed by atoms with Gasteiger partial charge in [-0.25, -0.2) is 9.97 Å². The molecule has 8 rings (SSSR count). The number of benzene rings is 3. The molecule has 194 valence electrons. The summed E-state index contributed by atoms with van der Waals surface area (Å²) in [7, 11) is 0. The Balaban J connectivity index is 1.16. The second kappa shape index (κ2) is 9.57. The van der Waals surface area contributed by atoms with E-state index in [4.69, 9.17) is 9.97 Å². The van der Waals surface area contributed by atoms with Crippen molar-refractivity contribution in [3.63, 3.8) is 0 Å². The Hall–Kier alpha value is -5.55. The van der Waals surface area contributed by atoms with Crippen molar-refractivity contribution in [1.82, 2.24) is 24.8 Å². The molecule has 1 aliphatic heterocycles. The minimum Gasteiger partial charge on any atom is -0.387 e. The topological polar surface area (TPSA) is 55.6 Å². The molecule has 0 fully saturated rings. The highest BCUT2D eigenvalue weighted by atomic mass is 15.1. The molecular formula is C36H25N5. The summed E-state index contributed by atoms with van der Waals surface area (Å²) in [6, 6.07) is 39.7. The van der Waals surface area contributed by atoms with Crippen LogP contribution < -0.4 is 5.32 Å². The average Bonchev–Trinajstić information content (AvgIpc) is 3.39. The Labute approximate surface area is 237 Å². The Kier molecular flexibility index (Phi) is 5.45. The molecule has 0 saturated heterocycles. The molecule has 0 saturated carbocycles. The number of fused-ring (bicyclic) bond motifs is 4. The van der Waals surface area contributed by atoms with Crippen molar-refractivity contribution in [3.05, 3.63) is 139 Å². The van der Waals surface area contributed by atoms with E-state index in [1.165, 1.54) is 10.9 Å². The van der Waals surface area contributed by atoms with Crippen LogP contribution in [0.25, 0.3) is 67.5 Å². The van der Waals surface area contributed by atoms with Gasteiger partial charge < -0.3 is 5.32 Å². The van der Waals surface area contributed by atoms with Crippen LogP contribution >= 0.6 is 0 Å². The van der Waals surface area contributed by atoms with Crippen molar-refractivity contribution in [2.45, 2.75) is 6.54 Å². The molecule has 0 atom stereocenters. The number of pyridine rings is 3. The fourth-order valence-electron chi connectivity index (χ4n) is 5.82. The van der Waals surface area contributed by atoms with Crippen LogP contribution in [-0.4, -0.2) is 19.5 Å². The van der Waals surface area contributed by atoms with Crippen molar-refractivity contribution < 1.29 is 0 Å². The molecule has 0 spiro atoms. The fraction of sp³-hybridized carbons (Fsp3) is 0.0278. The van der Waals surface area contributed by atoms with E-state index in [0.29, 0.717) is 0 Å². The number of hydrogen-bond donors (Lipinski definition) is 1. The molecule has 1 N–H and O–H groups in total. The van der Waals surface area contributed by atoms with E-state index >= 15 is 0 Å². The summed E-state index contributed by atoms with van der Waals surface area (Å²) in [5.74, 6) is 0.881. The summed E-state index contributed by atoms with van der Waals surface area (Å²) < 4.78 is 2.25. The van der Waals surface area contributed by atoms with E-state index in [2.05, 4.69) is 118 Å². The van der Waals surface area contributed by atoms with Crippen LogP contribution in [0, 0.1) is 0 Å². The smallest absolute Gasteiger partial charge is 0.138 e. The highest BCUT2D eigenvalue weighted by Gasteiger charge is 2.19. The zero-order valence-electron chi connectivity index (χ0n) is 22.2. The van der Waals surface area contributed by atoms with Gasteiger partial charge in [0.25, 0.3) is 0 Å². The lowest BCUT2D eigenvalue weighted by molar-refractivity contribution is 0.852. The SMILES string of the molecule is C1=Cc2c(c3ccccc3n2-c2cccc(-c3cccc(-c4ccc(-c5cccc6cccnc56)cc4)n3)n2)CN1. The Morgan fingerprint density at radius 2 is 1.39 bits per heavy atom. The zero-order chi connectivity index (χ0) is 27.2. The molecular weight excluding hydrogens is 502 g/mol. The number of aromatic nitrogens is 4. The summed E-state index contributed by atoms with van der Waals surface area (Å²) in [5.41, 5.74) is 10.5. The van der Waals surface area contributed by atoms with Crippen molar-refractivity contribution in [1.29, 1.82) is 0 Å². The molecule has 1 aliphatic rings. The first kappa shape index (κ1) is 23.3. The van der Waals surface area contributed by atoms with Gasteiger partial charge in [0.05, 0.1) is 33.8 Å². The number of para-hydroxylation sites is 2. The maximum atomic E-state index is 5.10. The molecule has 4 aromatic heterocycles. The van der Waals surface area contributed by atoms with E-state index in [-0.39, 0.29) is 0 Å². The van der Waals surface area contributed by atoms with Crippen molar-refractivity contribution >= 4 is 27.9 Å². The van der Waals surface area contributed by atoms with Gasteiger partial charge in [-0.1, -0.05) is 78.9 Å². The van der Waals surface area contributed by atoms with Gasteiger partial charge in [0, 0.05) is 40.2 Å². The number of rotatable bonds is 4. The quantitative estimate of drug-likeness (QED) is 0.252. The lowest BCUT2D eigenvalue weighted by Crippen LogP contribution is -2.11. The first-order chi connectivity index (χ1) is 20.3. The van der Waals surface area contributed by atoms with E-state index in [0.717, 1.165) is 68.2 Å². The first-order valence-electron chi connectivity index (χ1n) is 13.8. The van der Waals surface area contributed by atoms with Gasteiger partial charge in [0.2, 0.25) is 0 Å². The van der Waals surface area contributed by atoms with Gasteiger partial charge in [-0.05, 0) is 54.2 Å². The van der Waals surface area contributed by atoms with Gasteiger partial charge in [0.1, 0.15) is 5.82 Å². The summed E-state index contributed by atoms with van der Waals surface area (Å²) in [6.07, 6.45) is 5.98. The lowest BCUT2D eigenvalue weighted by atomic mass is 10.00. The van der Waals surface area contributed by atoms with Gasteiger partial charge >= 0.3 is 0 Å². The predicted octanol–water partition coefficient (Wildman–Crippen LogP) is 8.04. The molecule has 0 amide bonds. The van der Waals surface area contributed by atoms with Crippen LogP contribution in [0.1, 0.15) is 11.3 Å². The Bertz CT molecular complexity index is 2100. The molecule has 0 unspecified atom stereocenters. The standard InChI is InChI=1S/C36H25N5/c1-2-14-33-28(9-1)29-23-37-22-20-34(29)41(33)35-15-5-13-32(40-35)31-12-4-11-30(39-31)25-18-16-24(17-19-25)27-10-3-7-26-8-6-21-38-36(26)27/h1-22,37H,23H2. The van der Waals surface area contributed by atoms with Crippen LogP contribution in [0.3, 0.4) is 0 Å². The summed E-state index contributed by atoms with van der Waals surface area (Å²) in [5, 5.41) is 5.73. The highest BCUT2D eigenvalue weighted by Crippen LogP contribution is 2.33. The van der Waals surface area contributed by atoms with Crippen molar-refractivity contribution in [2.24, 2.45) is 0 Å². The van der Waals surface area contributed by atoms with Gasteiger partial charge in [0.15, 0.2) is 0 Å². The van der Waals surface area contributed by atoms with E-state index in [1.54, 1.807) is 0 Å². The number of nitrogens with one attached hydrogen (secondary N) is 1. The molecule has 0 aliphatic carbocycles. The largest absolute Gasteiger partial charge is 0.387 e.